The molecule has 0 saturated heterocycles. The van der Waals surface area contributed by atoms with Crippen LogP contribution in [0.4, 0.5) is 5.69 Å². The first kappa shape index (κ1) is 13.7. The van der Waals surface area contributed by atoms with Crippen LogP contribution >= 0.6 is 46.1 Å². The third kappa shape index (κ3) is 2.98. The predicted octanol–water partition coefficient (Wildman–Crippen LogP) is 5.27. The summed E-state index contributed by atoms with van der Waals surface area (Å²) in [6.07, 6.45) is 0. The number of aryl methyl sites for hydroxylation is 1. The minimum Gasteiger partial charge on any atom is -0.322 e. The van der Waals surface area contributed by atoms with Crippen molar-refractivity contribution in [3.05, 3.63) is 49.1 Å². The molecule has 0 atom stereocenters. The Hall–Kier alpha value is -0.740. The fourth-order valence-corrected chi connectivity index (χ4v) is 3.04. The van der Waals surface area contributed by atoms with Gasteiger partial charge in [-0.2, -0.15) is 0 Å². The van der Waals surface area contributed by atoms with Gasteiger partial charge in [0.25, 0.3) is 5.91 Å². The van der Waals surface area contributed by atoms with Gasteiger partial charge in [0.1, 0.15) is 4.34 Å². The zero-order valence-corrected chi connectivity index (χ0v) is 12.3. The Morgan fingerprint density at radius 3 is 2.56 bits per heavy atom. The minimum atomic E-state index is -0.298. The number of amides is 1. The maximum Gasteiger partial charge on any atom is 0.258 e. The van der Waals surface area contributed by atoms with Gasteiger partial charge in [0, 0.05) is 10.7 Å². The van der Waals surface area contributed by atoms with E-state index in [1.165, 1.54) is 0 Å². The van der Waals surface area contributed by atoms with Crippen LogP contribution in [0.15, 0.2) is 24.3 Å². The molecule has 0 saturated carbocycles. The first-order chi connectivity index (χ1) is 8.47. The number of hydrogen-bond donors (Lipinski definition) is 1. The topological polar surface area (TPSA) is 29.1 Å². The fourth-order valence-electron chi connectivity index (χ4n) is 1.41. The first-order valence-electron chi connectivity index (χ1n) is 4.99. The van der Waals surface area contributed by atoms with Crippen LogP contribution in [-0.4, -0.2) is 5.91 Å². The molecular formula is C12H8Cl3NOS. The molecule has 1 aromatic carbocycles. The Kier molecular flexibility index (Phi) is 4.17. The summed E-state index contributed by atoms with van der Waals surface area (Å²) >= 11 is 18.8. The number of halogens is 3. The largest absolute Gasteiger partial charge is 0.322 e. The van der Waals surface area contributed by atoms with Gasteiger partial charge in [0.2, 0.25) is 0 Å². The van der Waals surface area contributed by atoms with E-state index in [1.54, 1.807) is 18.2 Å². The van der Waals surface area contributed by atoms with E-state index in [-0.39, 0.29) is 5.91 Å². The molecule has 0 aliphatic heterocycles. The summed E-state index contributed by atoms with van der Waals surface area (Å²) < 4.78 is 0.852. The van der Waals surface area contributed by atoms with E-state index in [4.69, 9.17) is 34.8 Å². The van der Waals surface area contributed by atoms with E-state index in [2.05, 4.69) is 5.32 Å². The van der Waals surface area contributed by atoms with Crippen LogP contribution in [0.25, 0.3) is 0 Å². The van der Waals surface area contributed by atoms with Crippen molar-refractivity contribution in [3.8, 4) is 0 Å². The highest BCUT2D eigenvalue weighted by Gasteiger charge is 2.15. The molecule has 0 fully saturated rings. The number of carbonyl (C=O) groups is 1. The van der Waals surface area contributed by atoms with Crippen LogP contribution in [0, 0.1) is 6.92 Å². The van der Waals surface area contributed by atoms with E-state index in [0.717, 1.165) is 16.9 Å². The average Bonchev–Trinajstić information content (AvgIpc) is 2.63. The highest BCUT2D eigenvalue weighted by atomic mass is 35.5. The molecule has 1 aromatic heterocycles. The fraction of sp³-hybridized carbons (Fsp3) is 0.0833. The second-order valence-corrected chi connectivity index (χ2v) is 6.37. The molecule has 94 valence electrons. The standard InChI is InChI=1S/C12H8Cl3NOS/c1-6-2-3-7(13)4-9(6)16-12(17)8-5-10(14)18-11(8)15/h2-5H,1H3,(H,16,17). The van der Waals surface area contributed by atoms with E-state index < -0.39 is 0 Å². The predicted molar refractivity (Wildman–Crippen MR) is 78.5 cm³/mol. The van der Waals surface area contributed by atoms with Crippen LogP contribution in [0.2, 0.25) is 13.7 Å². The highest BCUT2D eigenvalue weighted by Crippen LogP contribution is 2.32. The van der Waals surface area contributed by atoms with E-state index in [9.17, 15) is 4.79 Å². The molecule has 0 aliphatic rings. The molecule has 0 radical (unpaired) electrons. The summed E-state index contributed by atoms with van der Waals surface area (Å²) in [6, 6.07) is 6.83. The van der Waals surface area contributed by atoms with Crippen molar-refractivity contribution in [2.45, 2.75) is 6.92 Å². The Bertz CT molecular complexity index is 609. The molecule has 18 heavy (non-hydrogen) atoms. The maximum absolute atomic E-state index is 12.0. The van der Waals surface area contributed by atoms with E-state index in [0.29, 0.717) is 24.9 Å². The van der Waals surface area contributed by atoms with Gasteiger partial charge in [-0.3, -0.25) is 4.79 Å². The van der Waals surface area contributed by atoms with Gasteiger partial charge in [0.05, 0.1) is 9.90 Å². The Labute approximate surface area is 123 Å². The molecule has 0 unspecified atom stereocenters. The lowest BCUT2D eigenvalue weighted by molar-refractivity contribution is 0.102. The molecule has 2 nitrogen and oxygen atoms in total. The summed E-state index contributed by atoms with van der Waals surface area (Å²) in [6.45, 7) is 1.88. The molecule has 1 N–H and O–H groups in total. The smallest absolute Gasteiger partial charge is 0.258 e. The molecule has 0 aliphatic carbocycles. The van der Waals surface area contributed by atoms with Gasteiger partial charge in [-0.1, -0.05) is 40.9 Å². The lowest BCUT2D eigenvalue weighted by Gasteiger charge is -2.08. The zero-order valence-electron chi connectivity index (χ0n) is 9.26. The normalized spacial score (nSPS) is 10.4. The van der Waals surface area contributed by atoms with Crippen LogP contribution in [-0.2, 0) is 0 Å². The second-order valence-electron chi connectivity index (χ2n) is 3.65. The number of nitrogens with one attached hydrogen (secondary N) is 1. The zero-order chi connectivity index (χ0) is 13.3. The number of carbonyl (C=O) groups excluding carboxylic acids is 1. The Balaban J connectivity index is 2.26. The average molecular weight is 321 g/mol. The Morgan fingerprint density at radius 1 is 1.22 bits per heavy atom. The van der Waals surface area contributed by atoms with Crippen molar-refractivity contribution >= 4 is 57.7 Å². The highest BCUT2D eigenvalue weighted by molar-refractivity contribution is 7.20. The monoisotopic (exact) mass is 319 g/mol. The van der Waals surface area contributed by atoms with Crippen molar-refractivity contribution < 1.29 is 4.79 Å². The maximum atomic E-state index is 12.0. The summed E-state index contributed by atoms with van der Waals surface area (Å²) in [4.78, 5) is 12.0. The Morgan fingerprint density at radius 2 is 1.94 bits per heavy atom. The summed E-state index contributed by atoms with van der Waals surface area (Å²) in [5.74, 6) is -0.298. The molecule has 1 heterocycles. The first-order valence-corrected chi connectivity index (χ1v) is 6.95. The summed E-state index contributed by atoms with van der Waals surface area (Å²) in [5, 5.41) is 3.32. The number of rotatable bonds is 2. The molecular weight excluding hydrogens is 313 g/mol. The van der Waals surface area contributed by atoms with Crippen LogP contribution in [0.3, 0.4) is 0 Å². The molecule has 1 amide bonds. The molecule has 0 bridgehead atoms. The summed E-state index contributed by atoms with van der Waals surface area (Å²) in [7, 11) is 0. The van der Waals surface area contributed by atoms with E-state index >= 15 is 0 Å². The second kappa shape index (κ2) is 5.49. The molecule has 2 rings (SSSR count). The van der Waals surface area contributed by atoms with Crippen molar-refractivity contribution in [3.63, 3.8) is 0 Å². The van der Waals surface area contributed by atoms with E-state index in [1.807, 2.05) is 13.0 Å². The molecule has 0 spiro atoms. The molecule has 6 heteroatoms. The third-order valence-corrected chi connectivity index (χ3v) is 4.07. The van der Waals surface area contributed by atoms with Gasteiger partial charge in [0.15, 0.2) is 0 Å². The van der Waals surface area contributed by atoms with Crippen molar-refractivity contribution in [2.24, 2.45) is 0 Å². The minimum absolute atomic E-state index is 0.298. The number of hydrogen-bond acceptors (Lipinski definition) is 2. The van der Waals surface area contributed by atoms with Gasteiger partial charge in [-0.05, 0) is 30.7 Å². The van der Waals surface area contributed by atoms with Crippen molar-refractivity contribution in [1.29, 1.82) is 0 Å². The van der Waals surface area contributed by atoms with Crippen LogP contribution < -0.4 is 5.32 Å². The number of thiophene rings is 1. The van der Waals surface area contributed by atoms with Gasteiger partial charge in [-0.25, -0.2) is 0 Å². The van der Waals surface area contributed by atoms with Crippen LogP contribution in [0.5, 0.6) is 0 Å². The summed E-state index contributed by atoms with van der Waals surface area (Å²) in [5.41, 5.74) is 1.95. The van der Waals surface area contributed by atoms with Gasteiger partial charge in [-0.15, -0.1) is 11.3 Å². The lowest BCUT2D eigenvalue weighted by atomic mass is 10.2. The van der Waals surface area contributed by atoms with Gasteiger partial charge < -0.3 is 5.32 Å². The van der Waals surface area contributed by atoms with Crippen molar-refractivity contribution in [1.82, 2.24) is 0 Å². The lowest BCUT2D eigenvalue weighted by Crippen LogP contribution is -2.12. The quantitative estimate of drug-likeness (QED) is 0.802. The number of benzene rings is 1. The van der Waals surface area contributed by atoms with Crippen LogP contribution in [0.1, 0.15) is 15.9 Å². The SMILES string of the molecule is Cc1ccc(Cl)cc1NC(=O)c1cc(Cl)sc1Cl. The van der Waals surface area contributed by atoms with Gasteiger partial charge >= 0.3 is 0 Å². The number of anilines is 1. The molecule has 2 aromatic rings. The third-order valence-electron chi connectivity index (χ3n) is 2.35. The van der Waals surface area contributed by atoms with Crippen molar-refractivity contribution in [2.75, 3.05) is 5.32 Å².